The number of halogens is 1. The van der Waals surface area contributed by atoms with Crippen molar-refractivity contribution in [2.45, 2.75) is 24.4 Å². The predicted octanol–water partition coefficient (Wildman–Crippen LogP) is 3.12. The van der Waals surface area contributed by atoms with Gasteiger partial charge >= 0.3 is 5.97 Å². The van der Waals surface area contributed by atoms with Gasteiger partial charge in [-0.3, -0.25) is 5.32 Å². The number of ether oxygens (including phenoxy) is 1. The maximum atomic E-state index is 13.3. The highest BCUT2D eigenvalue weighted by atomic mass is 32.1. The van der Waals surface area contributed by atoms with E-state index in [4.69, 9.17) is 4.74 Å². The number of nitrogens with one attached hydrogen (secondary N) is 2. The van der Waals surface area contributed by atoms with Gasteiger partial charge in [0.05, 0.1) is 18.4 Å². The van der Waals surface area contributed by atoms with Gasteiger partial charge in [-0.25, -0.2) is 9.18 Å². The summed E-state index contributed by atoms with van der Waals surface area (Å²) in [6.07, 6.45) is 1.51. The van der Waals surface area contributed by atoms with Crippen molar-refractivity contribution in [1.29, 1.82) is 0 Å². The molecule has 0 radical (unpaired) electrons. The molecule has 1 aliphatic rings. The number of hydrogen-bond donors (Lipinski definition) is 3. The van der Waals surface area contributed by atoms with Crippen LogP contribution in [0.25, 0.3) is 5.70 Å². The number of thiol groups is 1. The fourth-order valence-electron chi connectivity index (χ4n) is 3.10. The molecule has 1 aliphatic heterocycles. The minimum atomic E-state index is -0.414. The third kappa shape index (κ3) is 4.26. The minimum absolute atomic E-state index is 0.230. The van der Waals surface area contributed by atoms with Gasteiger partial charge in [-0.15, -0.1) is 12.6 Å². The monoisotopic (exact) mass is 372 g/mol. The maximum absolute atomic E-state index is 13.3. The lowest BCUT2D eigenvalue weighted by atomic mass is 9.93. The second-order valence-electron chi connectivity index (χ2n) is 6.08. The molecular formula is C20H21FN2O2S. The number of benzene rings is 2. The molecule has 0 spiro atoms. The molecule has 0 bridgehead atoms. The molecular weight excluding hydrogens is 351 g/mol. The third-order valence-corrected chi connectivity index (χ3v) is 4.64. The molecule has 3 rings (SSSR count). The second-order valence-corrected chi connectivity index (χ2v) is 6.59. The Morgan fingerprint density at radius 2 is 1.85 bits per heavy atom. The van der Waals surface area contributed by atoms with Crippen LogP contribution in [0.3, 0.4) is 0 Å². The van der Waals surface area contributed by atoms with Crippen molar-refractivity contribution in [2.24, 2.45) is 0 Å². The van der Waals surface area contributed by atoms with Crippen LogP contribution in [0.15, 0.2) is 60.2 Å². The predicted molar refractivity (Wildman–Crippen MR) is 103 cm³/mol. The highest BCUT2D eigenvalue weighted by Gasteiger charge is 2.32. The molecule has 136 valence electrons. The average molecular weight is 372 g/mol. The minimum Gasteiger partial charge on any atom is -0.466 e. The van der Waals surface area contributed by atoms with Gasteiger partial charge in [0.15, 0.2) is 0 Å². The van der Waals surface area contributed by atoms with E-state index in [1.54, 1.807) is 12.1 Å². The van der Waals surface area contributed by atoms with Crippen LogP contribution in [-0.2, 0) is 16.0 Å². The lowest BCUT2D eigenvalue weighted by Crippen LogP contribution is -2.51. The SMILES string of the molecule is COC(=O)C1=C(c2ccc(F)cc2)NC(S)NC1CCc1ccccc1. The van der Waals surface area contributed by atoms with Gasteiger partial charge in [0, 0.05) is 6.04 Å². The lowest BCUT2D eigenvalue weighted by Gasteiger charge is -2.33. The Morgan fingerprint density at radius 3 is 2.50 bits per heavy atom. The van der Waals surface area contributed by atoms with Crippen LogP contribution in [0.5, 0.6) is 0 Å². The average Bonchev–Trinajstić information content (AvgIpc) is 2.66. The lowest BCUT2D eigenvalue weighted by molar-refractivity contribution is -0.136. The molecule has 0 aromatic heterocycles. The number of esters is 1. The van der Waals surface area contributed by atoms with Crippen LogP contribution in [0.1, 0.15) is 17.5 Å². The van der Waals surface area contributed by atoms with E-state index < -0.39 is 5.97 Å². The summed E-state index contributed by atoms with van der Waals surface area (Å²) in [4.78, 5) is 12.5. The summed E-state index contributed by atoms with van der Waals surface area (Å²) in [7, 11) is 1.36. The van der Waals surface area contributed by atoms with E-state index in [-0.39, 0.29) is 17.4 Å². The highest BCUT2D eigenvalue weighted by molar-refractivity contribution is 7.80. The first kappa shape index (κ1) is 18.5. The number of carbonyl (C=O) groups is 1. The van der Waals surface area contributed by atoms with Gasteiger partial charge < -0.3 is 10.1 Å². The maximum Gasteiger partial charge on any atom is 0.337 e. The summed E-state index contributed by atoms with van der Waals surface area (Å²) < 4.78 is 18.3. The molecule has 2 aromatic carbocycles. The number of rotatable bonds is 5. The van der Waals surface area contributed by atoms with Gasteiger partial charge in [-0.2, -0.15) is 0 Å². The van der Waals surface area contributed by atoms with Gasteiger partial charge in [0.2, 0.25) is 0 Å². The normalized spacial score (nSPS) is 19.8. The first-order valence-corrected chi connectivity index (χ1v) is 8.93. The van der Waals surface area contributed by atoms with E-state index in [1.165, 1.54) is 24.8 Å². The highest BCUT2D eigenvalue weighted by Crippen LogP contribution is 2.27. The molecule has 0 saturated heterocycles. The van der Waals surface area contributed by atoms with E-state index in [1.807, 2.05) is 18.2 Å². The van der Waals surface area contributed by atoms with Crippen molar-refractivity contribution in [3.05, 3.63) is 77.1 Å². The van der Waals surface area contributed by atoms with Crippen molar-refractivity contribution >= 4 is 24.3 Å². The Labute approximate surface area is 157 Å². The van der Waals surface area contributed by atoms with Gasteiger partial charge in [0.1, 0.15) is 11.3 Å². The molecule has 2 aromatic rings. The summed E-state index contributed by atoms with van der Waals surface area (Å²) in [5.74, 6) is -0.742. The van der Waals surface area contributed by atoms with Crippen molar-refractivity contribution in [2.75, 3.05) is 7.11 Å². The zero-order valence-electron chi connectivity index (χ0n) is 14.4. The molecule has 1 heterocycles. The number of hydrogen-bond acceptors (Lipinski definition) is 5. The second kappa shape index (κ2) is 8.38. The summed E-state index contributed by atoms with van der Waals surface area (Å²) in [6, 6.07) is 15.9. The van der Waals surface area contributed by atoms with Crippen LogP contribution < -0.4 is 10.6 Å². The molecule has 0 amide bonds. The van der Waals surface area contributed by atoms with Crippen molar-refractivity contribution in [1.82, 2.24) is 10.6 Å². The van der Waals surface area contributed by atoms with E-state index in [0.717, 1.165) is 12.0 Å². The summed E-state index contributed by atoms with van der Waals surface area (Å²) >= 11 is 4.49. The standard InChI is InChI=1S/C20H21FN2O2S/c1-25-19(24)17-16(12-7-13-5-3-2-4-6-13)22-20(26)23-18(17)14-8-10-15(21)11-9-14/h2-6,8-11,16,20,22-23,26H,7,12H2,1H3. The van der Waals surface area contributed by atoms with Crippen LogP contribution >= 0.6 is 12.6 Å². The Balaban J connectivity index is 1.94. The zero-order chi connectivity index (χ0) is 18.5. The van der Waals surface area contributed by atoms with E-state index in [2.05, 4.69) is 35.4 Å². The van der Waals surface area contributed by atoms with Crippen molar-refractivity contribution in [3.8, 4) is 0 Å². The molecule has 6 heteroatoms. The van der Waals surface area contributed by atoms with E-state index >= 15 is 0 Å². The summed E-state index contributed by atoms with van der Waals surface area (Å²) in [5, 5.41) is 6.44. The van der Waals surface area contributed by atoms with E-state index in [0.29, 0.717) is 17.7 Å². The van der Waals surface area contributed by atoms with Crippen molar-refractivity contribution in [3.63, 3.8) is 0 Å². The fraction of sp³-hybridized carbons (Fsp3) is 0.250. The molecule has 2 N–H and O–H groups in total. The van der Waals surface area contributed by atoms with Crippen LogP contribution in [-0.4, -0.2) is 24.6 Å². The Morgan fingerprint density at radius 1 is 1.15 bits per heavy atom. The quantitative estimate of drug-likeness (QED) is 0.558. The topological polar surface area (TPSA) is 50.4 Å². The first-order chi connectivity index (χ1) is 12.6. The summed E-state index contributed by atoms with van der Waals surface area (Å²) in [5.41, 5.74) is 2.70. The van der Waals surface area contributed by atoms with Gasteiger partial charge in [0.25, 0.3) is 0 Å². The number of carbonyl (C=O) groups excluding carboxylic acids is 1. The third-order valence-electron chi connectivity index (χ3n) is 4.36. The Bertz CT molecular complexity index is 793. The largest absolute Gasteiger partial charge is 0.466 e. The Hall–Kier alpha value is -2.31. The number of aryl methyl sites for hydroxylation is 1. The van der Waals surface area contributed by atoms with Crippen LogP contribution in [0.4, 0.5) is 4.39 Å². The van der Waals surface area contributed by atoms with Crippen molar-refractivity contribution < 1.29 is 13.9 Å². The number of methoxy groups -OCH3 is 1. The van der Waals surface area contributed by atoms with Gasteiger partial charge in [-0.1, -0.05) is 30.3 Å². The van der Waals surface area contributed by atoms with Crippen LogP contribution in [0, 0.1) is 5.82 Å². The molecule has 4 nitrogen and oxygen atoms in total. The Kier molecular flexibility index (Phi) is 5.96. The molecule has 0 aliphatic carbocycles. The van der Waals surface area contributed by atoms with Crippen LogP contribution in [0.2, 0.25) is 0 Å². The molecule has 0 fully saturated rings. The first-order valence-electron chi connectivity index (χ1n) is 8.41. The molecule has 0 saturated carbocycles. The molecule has 2 atom stereocenters. The fourth-order valence-corrected chi connectivity index (χ4v) is 3.41. The zero-order valence-corrected chi connectivity index (χ0v) is 15.3. The van der Waals surface area contributed by atoms with Gasteiger partial charge in [-0.05, 0) is 48.2 Å². The van der Waals surface area contributed by atoms with E-state index in [9.17, 15) is 9.18 Å². The summed E-state index contributed by atoms with van der Waals surface area (Å²) in [6.45, 7) is 0. The smallest absolute Gasteiger partial charge is 0.337 e. The molecule has 2 unspecified atom stereocenters. The molecule has 26 heavy (non-hydrogen) atoms.